The van der Waals surface area contributed by atoms with Crippen LogP contribution in [0.1, 0.15) is 51.9 Å². The van der Waals surface area contributed by atoms with Gasteiger partial charge in [-0.2, -0.15) is 0 Å². The molecule has 1 aliphatic carbocycles. The summed E-state index contributed by atoms with van der Waals surface area (Å²) in [7, 11) is 0. The van der Waals surface area contributed by atoms with Crippen LogP contribution in [0.25, 0.3) is 0 Å². The van der Waals surface area contributed by atoms with E-state index in [1.165, 1.54) is 12.8 Å². The predicted octanol–water partition coefficient (Wildman–Crippen LogP) is 2.52. The Morgan fingerprint density at radius 2 is 2.06 bits per heavy atom. The van der Waals surface area contributed by atoms with Crippen molar-refractivity contribution in [2.45, 2.75) is 57.4 Å². The van der Waals surface area contributed by atoms with E-state index in [0.717, 1.165) is 45.2 Å². The standard InChI is InChI=1S/C14H26N2O2/c1-12-6-5-9-16(10-12)13(17)18-11-14(15)7-3-2-4-8-14/h12H,2-11,15H2,1H3. The second-order valence-corrected chi connectivity index (χ2v) is 6.17. The van der Waals surface area contributed by atoms with Crippen molar-refractivity contribution in [2.24, 2.45) is 11.7 Å². The van der Waals surface area contributed by atoms with Crippen molar-refractivity contribution in [3.05, 3.63) is 0 Å². The van der Waals surface area contributed by atoms with Crippen molar-refractivity contribution < 1.29 is 9.53 Å². The quantitative estimate of drug-likeness (QED) is 0.823. The fourth-order valence-electron chi connectivity index (χ4n) is 3.05. The molecular weight excluding hydrogens is 228 g/mol. The molecule has 1 saturated carbocycles. The molecule has 1 atom stereocenters. The van der Waals surface area contributed by atoms with Crippen LogP contribution >= 0.6 is 0 Å². The van der Waals surface area contributed by atoms with Gasteiger partial charge in [0.15, 0.2) is 0 Å². The van der Waals surface area contributed by atoms with Crippen LogP contribution in [-0.2, 0) is 4.74 Å². The molecule has 1 unspecified atom stereocenters. The van der Waals surface area contributed by atoms with Gasteiger partial charge in [-0.05, 0) is 31.6 Å². The van der Waals surface area contributed by atoms with Gasteiger partial charge in [0, 0.05) is 13.1 Å². The molecule has 2 N–H and O–H groups in total. The second-order valence-electron chi connectivity index (χ2n) is 6.17. The van der Waals surface area contributed by atoms with Gasteiger partial charge in [-0.1, -0.05) is 26.2 Å². The van der Waals surface area contributed by atoms with Crippen molar-refractivity contribution in [1.29, 1.82) is 0 Å². The first kappa shape index (κ1) is 13.7. The monoisotopic (exact) mass is 254 g/mol. The van der Waals surface area contributed by atoms with Crippen LogP contribution in [0.4, 0.5) is 4.79 Å². The van der Waals surface area contributed by atoms with E-state index in [9.17, 15) is 4.79 Å². The molecule has 0 aromatic rings. The Hall–Kier alpha value is -0.770. The van der Waals surface area contributed by atoms with Gasteiger partial charge in [0.1, 0.15) is 6.61 Å². The van der Waals surface area contributed by atoms with Gasteiger partial charge in [-0.3, -0.25) is 0 Å². The Balaban J connectivity index is 1.76. The van der Waals surface area contributed by atoms with Gasteiger partial charge in [0.25, 0.3) is 0 Å². The van der Waals surface area contributed by atoms with Crippen molar-refractivity contribution in [2.75, 3.05) is 19.7 Å². The number of hydrogen-bond acceptors (Lipinski definition) is 3. The van der Waals surface area contributed by atoms with E-state index >= 15 is 0 Å². The third-order valence-corrected chi connectivity index (χ3v) is 4.25. The maximum absolute atomic E-state index is 12.0. The lowest BCUT2D eigenvalue weighted by molar-refractivity contribution is 0.0596. The molecule has 0 aromatic carbocycles. The normalized spacial score (nSPS) is 27.9. The van der Waals surface area contributed by atoms with Crippen LogP contribution in [0.15, 0.2) is 0 Å². The summed E-state index contributed by atoms with van der Waals surface area (Å²) in [6.45, 7) is 4.23. The number of piperidine rings is 1. The fourth-order valence-corrected chi connectivity index (χ4v) is 3.05. The number of likely N-dealkylation sites (tertiary alicyclic amines) is 1. The Kier molecular flexibility index (Phi) is 4.49. The number of amides is 1. The minimum Gasteiger partial charge on any atom is -0.447 e. The van der Waals surface area contributed by atoms with Gasteiger partial charge < -0.3 is 15.4 Å². The minimum absolute atomic E-state index is 0.169. The molecule has 0 aromatic heterocycles. The zero-order valence-electron chi connectivity index (χ0n) is 11.5. The van der Waals surface area contributed by atoms with E-state index in [4.69, 9.17) is 10.5 Å². The topological polar surface area (TPSA) is 55.6 Å². The molecule has 1 saturated heterocycles. The summed E-state index contributed by atoms with van der Waals surface area (Å²) in [6, 6.07) is 0. The number of rotatable bonds is 2. The SMILES string of the molecule is CC1CCCN(C(=O)OCC2(N)CCCCC2)C1. The first-order valence-electron chi connectivity index (χ1n) is 7.30. The smallest absolute Gasteiger partial charge is 0.409 e. The molecular formula is C14H26N2O2. The van der Waals surface area contributed by atoms with E-state index in [1.54, 1.807) is 0 Å². The van der Waals surface area contributed by atoms with E-state index in [1.807, 2.05) is 4.90 Å². The number of hydrogen-bond donors (Lipinski definition) is 1. The van der Waals surface area contributed by atoms with Crippen LogP contribution < -0.4 is 5.73 Å². The minimum atomic E-state index is -0.269. The molecule has 104 valence electrons. The van der Waals surface area contributed by atoms with Crippen molar-refractivity contribution in [1.82, 2.24) is 4.90 Å². The van der Waals surface area contributed by atoms with E-state index < -0.39 is 0 Å². The van der Waals surface area contributed by atoms with Gasteiger partial charge >= 0.3 is 6.09 Å². The summed E-state index contributed by atoms with van der Waals surface area (Å²) in [5, 5.41) is 0. The highest BCUT2D eigenvalue weighted by molar-refractivity contribution is 5.67. The Morgan fingerprint density at radius 1 is 1.33 bits per heavy atom. The summed E-state index contributed by atoms with van der Waals surface area (Å²) in [6.07, 6.45) is 7.68. The van der Waals surface area contributed by atoms with Gasteiger partial charge in [0.05, 0.1) is 5.54 Å². The van der Waals surface area contributed by atoms with Crippen LogP contribution in [0.3, 0.4) is 0 Å². The summed E-state index contributed by atoms with van der Waals surface area (Å²) >= 11 is 0. The van der Waals surface area contributed by atoms with E-state index in [0.29, 0.717) is 12.5 Å². The number of carbonyl (C=O) groups excluding carboxylic acids is 1. The molecule has 2 rings (SSSR count). The lowest BCUT2D eigenvalue weighted by Crippen LogP contribution is -2.48. The van der Waals surface area contributed by atoms with Gasteiger partial charge in [-0.15, -0.1) is 0 Å². The first-order valence-corrected chi connectivity index (χ1v) is 7.30. The van der Waals surface area contributed by atoms with Crippen LogP contribution in [-0.4, -0.2) is 36.2 Å². The van der Waals surface area contributed by atoms with Gasteiger partial charge in [-0.25, -0.2) is 4.79 Å². The maximum Gasteiger partial charge on any atom is 0.409 e. The molecule has 4 nitrogen and oxygen atoms in total. The van der Waals surface area contributed by atoms with Crippen LogP contribution in [0.2, 0.25) is 0 Å². The molecule has 4 heteroatoms. The summed E-state index contributed by atoms with van der Waals surface area (Å²) in [5.74, 6) is 0.591. The van der Waals surface area contributed by atoms with Crippen LogP contribution in [0, 0.1) is 5.92 Å². The zero-order valence-corrected chi connectivity index (χ0v) is 11.5. The lowest BCUT2D eigenvalue weighted by atomic mass is 9.83. The highest BCUT2D eigenvalue weighted by atomic mass is 16.6. The number of nitrogens with two attached hydrogens (primary N) is 1. The predicted molar refractivity (Wildman–Crippen MR) is 71.3 cm³/mol. The molecule has 0 radical (unpaired) electrons. The Labute approximate surface area is 110 Å². The molecule has 0 bridgehead atoms. The first-order chi connectivity index (χ1) is 8.59. The molecule has 1 aliphatic heterocycles. The number of ether oxygens (including phenoxy) is 1. The highest BCUT2D eigenvalue weighted by Crippen LogP contribution is 2.26. The molecule has 18 heavy (non-hydrogen) atoms. The zero-order chi connectivity index (χ0) is 13.0. The average Bonchev–Trinajstić information content (AvgIpc) is 2.37. The molecule has 1 amide bonds. The van der Waals surface area contributed by atoms with E-state index in [-0.39, 0.29) is 11.6 Å². The van der Waals surface area contributed by atoms with Gasteiger partial charge in [0.2, 0.25) is 0 Å². The fraction of sp³-hybridized carbons (Fsp3) is 0.929. The van der Waals surface area contributed by atoms with Crippen molar-refractivity contribution in [3.63, 3.8) is 0 Å². The van der Waals surface area contributed by atoms with Crippen molar-refractivity contribution in [3.8, 4) is 0 Å². The third kappa shape index (κ3) is 3.61. The lowest BCUT2D eigenvalue weighted by Gasteiger charge is -2.35. The summed E-state index contributed by atoms with van der Waals surface area (Å²) < 4.78 is 5.43. The number of nitrogens with zero attached hydrogens (tertiary/aromatic N) is 1. The number of carbonyl (C=O) groups is 1. The van der Waals surface area contributed by atoms with Crippen LogP contribution in [0.5, 0.6) is 0 Å². The maximum atomic E-state index is 12.0. The molecule has 2 fully saturated rings. The summed E-state index contributed by atoms with van der Waals surface area (Å²) in [5.41, 5.74) is 6.00. The van der Waals surface area contributed by atoms with Crippen molar-refractivity contribution >= 4 is 6.09 Å². The Bertz CT molecular complexity index is 288. The van der Waals surface area contributed by atoms with E-state index in [2.05, 4.69) is 6.92 Å². The highest BCUT2D eigenvalue weighted by Gasteiger charge is 2.30. The summed E-state index contributed by atoms with van der Waals surface area (Å²) in [4.78, 5) is 13.8. The molecule has 0 spiro atoms. The third-order valence-electron chi connectivity index (χ3n) is 4.25. The second kappa shape index (κ2) is 5.91. The average molecular weight is 254 g/mol. The molecule has 1 heterocycles. The molecule has 2 aliphatic rings. The largest absolute Gasteiger partial charge is 0.447 e. The Morgan fingerprint density at radius 3 is 2.72 bits per heavy atom.